The van der Waals surface area contributed by atoms with Gasteiger partial charge in [0.05, 0.1) is 7.11 Å². The van der Waals surface area contributed by atoms with E-state index in [9.17, 15) is 4.79 Å². The van der Waals surface area contributed by atoms with E-state index in [0.29, 0.717) is 12.5 Å². The molecule has 1 aromatic rings. The number of rotatable bonds is 5. The van der Waals surface area contributed by atoms with Crippen molar-refractivity contribution in [3.8, 4) is 5.75 Å². The smallest absolute Gasteiger partial charge is 0.317 e. The number of carbonyl (C=O) groups is 1. The first-order valence-corrected chi connectivity index (χ1v) is 7.49. The Balaban J connectivity index is 1.72. The van der Waals surface area contributed by atoms with E-state index in [-0.39, 0.29) is 12.6 Å². The number of piperidine rings is 1. The summed E-state index contributed by atoms with van der Waals surface area (Å²) >= 11 is 0. The summed E-state index contributed by atoms with van der Waals surface area (Å²) in [5.41, 5.74) is 1.15. The second kappa shape index (κ2) is 7.88. The molecule has 0 spiro atoms. The molecule has 116 valence electrons. The molecule has 0 saturated carbocycles. The van der Waals surface area contributed by atoms with Crippen LogP contribution in [0, 0.1) is 5.92 Å². The molecule has 5 nitrogen and oxygen atoms in total. The monoisotopic (exact) mass is 292 g/mol. The molecule has 1 aliphatic rings. The summed E-state index contributed by atoms with van der Waals surface area (Å²) in [4.78, 5) is 13.9. The third-order valence-electron chi connectivity index (χ3n) is 3.98. The fourth-order valence-electron chi connectivity index (χ4n) is 2.57. The first kappa shape index (κ1) is 15.6. The Morgan fingerprint density at radius 3 is 2.86 bits per heavy atom. The number of aliphatic hydroxyl groups is 1. The predicted octanol–water partition coefficient (Wildman–Crippen LogP) is 1.65. The Morgan fingerprint density at radius 2 is 2.19 bits per heavy atom. The lowest BCUT2D eigenvalue weighted by atomic mass is 9.98. The van der Waals surface area contributed by atoms with Crippen LogP contribution in [-0.4, -0.2) is 49.4 Å². The van der Waals surface area contributed by atoms with Crippen LogP contribution in [0.1, 0.15) is 18.4 Å². The van der Waals surface area contributed by atoms with Crippen molar-refractivity contribution in [1.29, 1.82) is 0 Å². The topological polar surface area (TPSA) is 61.8 Å². The molecular formula is C16H24N2O3. The summed E-state index contributed by atoms with van der Waals surface area (Å²) in [6.07, 6.45) is 2.57. The predicted molar refractivity (Wildman–Crippen MR) is 81.5 cm³/mol. The minimum Gasteiger partial charge on any atom is -0.497 e. The lowest BCUT2D eigenvalue weighted by molar-refractivity contribution is 0.137. The number of benzene rings is 1. The van der Waals surface area contributed by atoms with Gasteiger partial charge in [-0.1, -0.05) is 12.1 Å². The highest BCUT2D eigenvalue weighted by Gasteiger charge is 2.21. The summed E-state index contributed by atoms with van der Waals surface area (Å²) in [6.45, 7) is 2.31. The standard InChI is InChI=1S/C16H24N2O3/c1-21-15-4-2-3-13(11-15)5-8-17-16(20)18-9-6-14(12-19)7-10-18/h2-4,11,14,19H,5-10,12H2,1H3,(H,17,20). The fourth-order valence-corrected chi connectivity index (χ4v) is 2.57. The second-order valence-electron chi connectivity index (χ2n) is 5.45. The highest BCUT2D eigenvalue weighted by Crippen LogP contribution is 2.16. The van der Waals surface area contributed by atoms with Gasteiger partial charge in [-0.25, -0.2) is 4.79 Å². The van der Waals surface area contributed by atoms with Gasteiger partial charge in [0.2, 0.25) is 0 Å². The number of carbonyl (C=O) groups excluding carboxylic acids is 1. The number of ether oxygens (including phenoxy) is 1. The van der Waals surface area contributed by atoms with E-state index in [0.717, 1.165) is 43.7 Å². The average molecular weight is 292 g/mol. The molecule has 0 radical (unpaired) electrons. The third kappa shape index (κ3) is 4.63. The summed E-state index contributed by atoms with van der Waals surface area (Å²) < 4.78 is 5.18. The van der Waals surface area contributed by atoms with Gasteiger partial charge in [-0.3, -0.25) is 0 Å². The van der Waals surface area contributed by atoms with Crippen molar-refractivity contribution in [2.75, 3.05) is 33.4 Å². The maximum absolute atomic E-state index is 12.0. The Kier molecular flexibility index (Phi) is 5.87. The van der Waals surface area contributed by atoms with E-state index in [1.54, 1.807) is 7.11 Å². The number of hydrogen-bond donors (Lipinski definition) is 2. The van der Waals surface area contributed by atoms with Crippen LogP contribution >= 0.6 is 0 Å². The van der Waals surface area contributed by atoms with Gasteiger partial charge < -0.3 is 20.1 Å². The molecule has 2 N–H and O–H groups in total. The van der Waals surface area contributed by atoms with Crippen LogP contribution in [0.5, 0.6) is 5.75 Å². The van der Waals surface area contributed by atoms with Crippen molar-refractivity contribution < 1.29 is 14.6 Å². The number of hydrogen-bond acceptors (Lipinski definition) is 3. The van der Waals surface area contributed by atoms with Crippen molar-refractivity contribution in [2.24, 2.45) is 5.92 Å². The number of nitrogens with one attached hydrogen (secondary N) is 1. The normalized spacial score (nSPS) is 15.8. The first-order chi connectivity index (χ1) is 10.2. The van der Waals surface area contributed by atoms with Crippen molar-refractivity contribution in [1.82, 2.24) is 10.2 Å². The van der Waals surface area contributed by atoms with Crippen molar-refractivity contribution >= 4 is 6.03 Å². The van der Waals surface area contributed by atoms with Crippen LogP contribution in [0.3, 0.4) is 0 Å². The van der Waals surface area contributed by atoms with Crippen molar-refractivity contribution in [3.63, 3.8) is 0 Å². The van der Waals surface area contributed by atoms with E-state index < -0.39 is 0 Å². The van der Waals surface area contributed by atoms with E-state index in [1.165, 1.54) is 0 Å². The molecule has 2 rings (SSSR count). The van der Waals surface area contributed by atoms with Gasteiger partial charge in [0, 0.05) is 26.2 Å². The van der Waals surface area contributed by atoms with E-state index in [2.05, 4.69) is 5.32 Å². The lowest BCUT2D eigenvalue weighted by Gasteiger charge is -2.31. The molecule has 1 fully saturated rings. The Hall–Kier alpha value is -1.75. The second-order valence-corrected chi connectivity index (χ2v) is 5.45. The molecule has 1 heterocycles. The quantitative estimate of drug-likeness (QED) is 0.867. The van der Waals surface area contributed by atoms with Gasteiger partial charge in [0.15, 0.2) is 0 Å². The molecule has 21 heavy (non-hydrogen) atoms. The molecule has 1 saturated heterocycles. The maximum Gasteiger partial charge on any atom is 0.317 e. The minimum atomic E-state index is -0.00529. The van der Waals surface area contributed by atoms with Crippen LogP contribution in [-0.2, 0) is 6.42 Å². The number of aliphatic hydroxyl groups excluding tert-OH is 1. The zero-order chi connectivity index (χ0) is 15.1. The first-order valence-electron chi connectivity index (χ1n) is 7.49. The molecule has 0 aromatic heterocycles. The van der Waals surface area contributed by atoms with Gasteiger partial charge in [0.1, 0.15) is 5.75 Å². The maximum atomic E-state index is 12.0. The Morgan fingerprint density at radius 1 is 1.43 bits per heavy atom. The number of nitrogens with zero attached hydrogens (tertiary/aromatic N) is 1. The molecule has 0 atom stereocenters. The molecule has 5 heteroatoms. The highest BCUT2D eigenvalue weighted by atomic mass is 16.5. The SMILES string of the molecule is COc1cccc(CCNC(=O)N2CCC(CO)CC2)c1. The molecule has 1 aliphatic heterocycles. The summed E-state index contributed by atoms with van der Waals surface area (Å²) in [7, 11) is 1.65. The van der Waals surface area contributed by atoms with Gasteiger partial charge in [-0.05, 0) is 42.9 Å². The van der Waals surface area contributed by atoms with Crippen LogP contribution in [0.2, 0.25) is 0 Å². The Bertz CT molecular complexity index is 457. The number of amides is 2. The van der Waals surface area contributed by atoms with Gasteiger partial charge in [-0.15, -0.1) is 0 Å². The molecule has 0 unspecified atom stereocenters. The van der Waals surface area contributed by atoms with E-state index in [4.69, 9.17) is 9.84 Å². The molecule has 0 aliphatic carbocycles. The van der Waals surface area contributed by atoms with E-state index >= 15 is 0 Å². The summed E-state index contributed by atoms with van der Waals surface area (Å²) in [6, 6.07) is 7.87. The zero-order valence-corrected chi connectivity index (χ0v) is 12.5. The van der Waals surface area contributed by atoms with Crippen LogP contribution in [0.4, 0.5) is 4.79 Å². The molecule has 0 bridgehead atoms. The minimum absolute atomic E-state index is 0.00529. The largest absolute Gasteiger partial charge is 0.497 e. The Labute approximate surface area is 125 Å². The van der Waals surface area contributed by atoms with Gasteiger partial charge in [-0.2, -0.15) is 0 Å². The fraction of sp³-hybridized carbons (Fsp3) is 0.562. The molecule has 2 amide bonds. The van der Waals surface area contributed by atoms with Crippen molar-refractivity contribution in [2.45, 2.75) is 19.3 Å². The lowest BCUT2D eigenvalue weighted by Crippen LogP contribution is -2.45. The van der Waals surface area contributed by atoms with Crippen LogP contribution in [0.15, 0.2) is 24.3 Å². The zero-order valence-electron chi connectivity index (χ0n) is 12.5. The highest BCUT2D eigenvalue weighted by molar-refractivity contribution is 5.74. The summed E-state index contributed by atoms with van der Waals surface area (Å²) in [5.74, 6) is 1.19. The van der Waals surface area contributed by atoms with Crippen LogP contribution in [0.25, 0.3) is 0 Å². The third-order valence-corrected chi connectivity index (χ3v) is 3.98. The summed E-state index contributed by atoms with van der Waals surface area (Å²) in [5, 5.41) is 12.1. The molecular weight excluding hydrogens is 268 g/mol. The number of methoxy groups -OCH3 is 1. The average Bonchev–Trinajstić information content (AvgIpc) is 2.55. The van der Waals surface area contributed by atoms with Crippen molar-refractivity contribution in [3.05, 3.63) is 29.8 Å². The number of likely N-dealkylation sites (tertiary alicyclic amines) is 1. The van der Waals surface area contributed by atoms with Crippen LogP contribution < -0.4 is 10.1 Å². The van der Waals surface area contributed by atoms with Gasteiger partial charge >= 0.3 is 6.03 Å². The molecule has 1 aromatic carbocycles. The van der Waals surface area contributed by atoms with Gasteiger partial charge in [0.25, 0.3) is 0 Å². The van der Waals surface area contributed by atoms with E-state index in [1.807, 2.05) is 29.2 Å². The number of urea groups is 1.